The van der Waals surface area contributed by atoms with E-state index in [2.05, 4.69) is 16.0 Å². The number of rotatable bonds is 3. The largest absolute Gasteiger partial charge is 0.330 e. The third-order valence-electron chi connectivity index (χ3n) is 2.83. The van der Waals surface area contributed by atoms with Gasteiger partial charge in [-0.3, -0.25) is 9.88 Å². The lowest BCUT2D eigenvalue weighted by Gasteiger charge is -2.15. The highest BCUT2D eigenvalue weighted by Gasteiger charge is 2.20. The maximum atomic E-state index is 5.65. The lowest BCUT2D eigenvalue weighted by molar-refractivity contribution is 0.317. The van der Waals surface area contributed by atoms with Gasteiger partial charge in [-0.25, -0.2) is 0 Å². The molecular weight excluding hydrogens is 210 g/mol. The molecule has 15 heavy (non-hydrogen) atoms. The smallest absolute Gasteiger partial charge is 0.0312 e. The monoisotopic (exact) mass is 227 g/mol. The summed E-state index contributed by atoms with van der Waals surface area (Å²) in [4.78, 5) is 6.57. The van der Waals surface area contributed by atoms with Crippen LogP contribution in [0.2, 0.25) is 0 Å². The minimum atomic E-state index is 0. The molecule has 1 unspecified atom stereocenters. The van der Waals surface area contributed by atoms with Crippen molar-refractivity contribution < 1.29 is 0 Å². The molecular formula is C11H18ClN3. The van der Waals surface area contributed by atoms with E-state index in [1.54, 1.807) is 0 Å². The highest BCUT2D eigenvalue weighted by atomic mass is 35.5. The molecule has 1 aliphatic heterocycles. The van der Waals surface area contributed by atoms with E-state index in [4.69, 9.17) is 5.73 Å². The fourth-order valence-electron chi connectivity index (χ4n) is 2.00. The van der Waals surface area contributed by atoms with E-state index in [-0.39, 0.29) is 12.4 Å². The molecule has 2 heterocycles. The Morgan fingerprint density at radius 2 is 2.40 bits per heavy atom. The van der Waals surface area contributed by atoms with Gasteiger partial charge in [-0.05, 0) is 37.1 Å². The minimum Gasteiger partial charge on any atom is -0.330 e. The molecule has 0 bridgehead atoms. The normalized spacial score (nSPS) is 21.3. The van der Waals surface area contributed by atoms with Crippen LogP contribution in [0.3, 0.4) is 0 Å². The van der Waals surface area contributed by atoms with Gasteiger partial charge in [0.1, 0.15) is 0 Å². The Balaban J connectivity index is 0.00000112. The van der Waals surface area contributed by atoms with Crippen LogP contribution in [-0.4, -0.2) is 29.5 Å². The fraction of sp³-hybridized carbons (Fsp3) is 0.545. The summed E-state index contributed by atoms with van der Waals surface area (Å²) in [5, 5.41) is 0. The second-order valence-corrected chi connectivity index (χ2v) is 3.99. The summed E-state index contributed by atoms with van der Waals surface area (Å²) in [6.45, 7) is 4.16. The Kier molecular flexibility index (Phi) is 5.02. The van der Waals surface area contributed by atoms with Gasteiger partial charge in [0.2, 0.25) is 0 Å². The van der Waals surface area contributed by atoms with E-state index in [9.17, 15) is 0 Å². The zero-order valence-corrected chi connectivity index (χ0v) is 9.62. The molecule has 1 atom stereocenters. The summed E-state index contributed by atoms with van der Waals surface area (Å²) in [7, 11) is 0. The average molecular weight is 228 g/mol. The summed E-state index contributed by atoms with van der Waals surface area (Å²) in [6.07, 6.45) is 5.00. The molecule has 0 aromatic carbocycles. The van der Waals surface area contributed by atoms with Gasteiger partial charge in [0, 0.05) is 25.5 Å². The first kappa shape index (κ1) is 12.4. The SMILES string of the molecule is Cl.NCC1CCN(Cc2cccnc2)C1. The molecule has 84 valence electrons. The Bertz CT molecular complexity index is 278. The van der Waals surface area contributed by atoms with Crippen molar-refractivity contribution in [1.82, 2.24) is 9.88 Å². The van der Waals surface area contributed by atoms with Gasteiger partial charge >= 0.3 is 0 Å². The lowest BCUT2D eigenvalue weighted by atomic mass is 10.1. The number of likely N-dealkylation sites (tertiary alicyclic amines) is 1. The van der Waals surface area contributed by atoms with Crippen LogP contribution in [0.4, 0.5) is 0 Å². The van der Waals surface area contributed by atoms with Gasteiger partial charge in [-0.2, -0.15) is 0 Å². The minimum absolute atomic E-state index is 0. The van der Waals surface area contributed by atoms with E-state index in [1.165, 1.54) is 18.5 Å². The van der Waals surface area contributed by atoms with Crippen molar-refractivity contribution in [2.75, 3.05) is 19.6 Å². The third kappa shape index (κ3) is 3.45. The van der Waals surface area contributed by atoms with Crippen LogP contribution >= 0.6 is 12.4 Å². The summed E-state index contributed by atoms with van der Waals surface area (Å²) in [5.41, 5.74) is 6.95. The van der Waals surface area contributed by atoms with E-state index in [0.29, 0.717) is 5.92 Å². The number of halogens is 1. The zero-order valence-electron chi connectivity index (χ0n) is 8.80. The van der Waals surface area contributed by atoms with Crippen LogP contribution < -0.4 is 5.73 Å². The van der Waals surface area contributed by atoms with Gasteiger partial charge < -0.3 is 5.73 Å². The Labute approximate surface area is 97.1 Å². The van der Waals surface area contributed by atoms with Crippen molar-refractivity contribution in [2.45, 2.75) is 13.0 Å². The molecule has 4 heteroatoms. The molecule has 2 rings (SSSR count). The number of nitrogens with zero attached hydrogens (tertiary/aromatic N) is 2. The maximum Gasteiger partial charge on any atom is 0.0312 e. The molecule has 2 N–H and O–H groups in total. The maximum absolute atomic E-state index is 5.65. The first-order chi connectivity index (χ1) is 6.88. The number of aromatic nitrogens is 1. The van der Waals surface area contributed by atoms with Crippen LogP contribution in [-0.2, 0) is 6.54 Å². The molecule has 0 amide bonds. The molecule has 0 saturated carbocycles. The van der Waals surface area contributed by atoms with Crippen LogP contribution in [0.5, 0.6) is 0 Å². The van der Waals surface area contributed by atoms with Crippen molar-refractivity contribution in [3.63, 3.8) is 0 Å². The number of hydrogen-bond acceptors (Lipinski definition) is 3. The van der Waals surface area contributed by atoms with Crippen molar-refractivity contribution in [3.05, 3.63) is 30.1 Å². The van der Waals surface area contributed by atoms with E-state index in [1.807, 2.05) is 18.5 Å². The number of nitrogens with two attached hydrogens (primary N) is 1. The van der Waals surface area contributed by atoms with Crippen molar-refractivity contribution in [1.29, 1.82) is 0 Å². The summed E-state index contributed by atoms with van der Waals surface area (Å²) in [6, 6.07) is 4.12. The average Bonchev–Trinajstić information content (AvgIpc) is 2.67. The Hall–Kier alpha value is -0.640. The van der Waals surface area contributed by atoms with E-state index < -0.39 is 0 Å². The van der Waals surface area contributed by atoms with E-state index >= 15 is 0 Å². The fourth-order valence-corrected chi connectivity index (χ4v) is 2.00. The summed E-state index contributed by atoms with van der Waals surface area (Å²) in [5.74, 6) is 0.701. The quantitative estimate of drug-likeness (QED) is 0.846. The highest BCUT2D eigenvalue weighted by Crippen LogP contribution is 2.16. The van der Waals surface area contributed by atoms with Gasteiger partial charge in [-0.1, -0.05) is 6.07 Å². The molecule has 0 radical (unpaired) electrons. The predicted octanol–water partition coefficient (Wildman–Crippen LogP) is 1.28. The molecule has 1 saturated heterocycles. The van der Waals surface area contributed by atoms with Crippen molar-refractivity contribution in [2.24, 2.45) is 11.7 Å². The predicted molar refractivity (Wildman–Crippen MR) is 63.9 cm³/mol. The van der Waals surface area contributed by atoms with Crippen LogP contribution in [0, 0.1) is 5.92 Å². The van der Waals surface area contributed by atoms with E-state index in [0.717, 1.165) is 19.6 Å². The van der Waals surface area contributed by atoms with Crippen LogP contribution in [0.15, 0.2) is 24.5 Å². The second-order valence-electron chi connectivity index (χ2n) is 3.99. The van der Waals surface area contributed by atoms with Crippen LogP contribution in [0.25, 0.3) is 0 Å². The van der Waals surface area contributed by atoms with Crippen molar-refractivity contribution in [3.8, 4) is 0 Å². The molecule has 0 spiro atoms. The molecule has 0 aliphatic carbocycles. The number of pyridine rings is 1. The highest BCUT2D eigenvalue weighted by molar-refractivity contribution is 5.85. The molecule has 3 nitrogen and oxygen atoms in total. The Morgan fingerprint density at radius 1 is 1.53 bits per heavy atom. The zero-order chi connectivity index (χ0) is 9.80. The molecule has 1 fully saturated rings. The summed E-state index contributed by atoms with van der Waals surface area (Å²) >= 11 is 0. The van der Waals surface area contributed by atoms with Gasteiger partial charge in [0.15, 0.2) is 0 Å². The summed E-state index contributed by atoms with van der Waals surface area (Å²) < 4.78 is 0. The topological polar surface area (TPSA) is 42.1 Å². The number of hydrogen-bond donors (Lipinski definition) is 1. The molecule has 1 aromatic rings. The van der Waals surface area contributed by atoms with Gasteiger partial charge in [-0.15, -0.1) is 12.4 Å². The van der Waals surface area contributed by atoms with Crippen molar-refractivity contribution >= 4 is 12.4 Å². The molecule has 1 aromatic heterocycles. The standard InChI is InChI=1S/C11H17N3.ClH/c12-6-10-3-5-14(8-10)9-11-2-1-4-13-7-11;/h1-2,4,7,10H,3,5-6,8-9,12H2;1H. The first-order valence-electron chi connectivity index (χ1n) is 5.20. The third-order valence-corrected chi connectivity index (χ3v) is 2.83. The lowest BCUT2D eigenvalue weighted by Crippen LogP contribution is -2.22. The molecule has 1 aliphatic rings. The van der Waals surface area contributed by atoms with Gasteiger partial charge in [0.25, 0.3) is 0 Å². The van der Waals surface area contributed by atoms with Crippen LogP contribution in [0.1, 0.15) is 12.0 Å². The first-order valence-corrected chi connectivity index (χ1v) is 5.20. The Morgan fingerprint density at radius 3 is 3.00 bits per heavy atom. The van der Waals surface area contributed by atoms with Gasteiger partial charge in [0.05, 0.1) is 0 Å². The second kappa shape index (κ2) is 6.05.